The van der Waals surface area contributed by atoms with E-state index in [1.165, 1.54) is 12.3 Å². The average molecular weight is 323 g/mol. The van der Waals surface area contributed by atoms with E-state index in [0.29, 0.717) is 5.92 Å². The van der Waals surface area contributed by atoms with Gasteiger partial charge in [0.1, 0.15) is 10.0 Å². The van der Waals surface area contributed by atoms with Crippen molar-refractivity contribution in [3.05, 3.63) is 22.4 Å². The van der Waals surface area contributed by atoms with Crippen LogP contribution in [0, 0.1) is 5.92 Å². The first-order valence-electron chi connectivity index (χ1n) is 6.22. The Bertz CT molecular complexity index is 555. The van der Waals surface area contributed by atoms with Crippen molar-refractivity contribution >= 4 is 33.2 Å². The summed E-state index contributed by atoms with van der Waals surface area (Å²) in [5, 5.41) is 0.244. The fraction of sp³-hybridized carbons (Fsp3) is 0.583. The van der Waals surface area contributed by atoms with Crippen LogP contribution in [0.15, 0.2) is 17.2 Å². The SMILES string of the molecule is CC1CCC(NS(=O)(=O)c2cnc(Cl)c(Cl)c2)CC1. The number of pyridine rings is 1. The maximum absolute atomic E-state index is 12.2. The normalized spacial score (nSPS) is 24.4. The predicted octanol–water partition coefficient (Wildman–Crippen LogP) is 3.25. The minimum atomic E-state index is -3.57. The van der Waals surface area contributed by atoms with Gasteiger partial charge in [-0.2, -0.15) is 0 Å². The molecule has 1 heterocycles. The molecule has 7 heteroatoms. The molecule has 1 saturated carbocycles. The van der Waals surface area contributed by atoms with Crippen molar-refractivity contribution in [1.29, 1.82) is 0 Å². The topological polar surface area (TPSA) is 59.1 Å². The Morgan fingerprint density at radius 1 is 1.26 bits per heavy atom. The van der Waals surface area contributed by atoms with Crippen molar-refractivity contribution in [3.8, 4) is 0 Å². The molecule has 0 aliphatic heterocycles. The van der Waals surface area contributed by atoms with Crippen LogP contribution >= 0.6 is 23.2 Å². The smallest absolute Gasteiger partial charge is 0.242 e. The van der Waals surface area contributed by atoms with Gasteiger partial charge in [0.2, 0.25) is 10.0 Å². The zero-order chi connectivity index (χ0) is 14.0. The van der Waals surface area contributed by atoms with E-state index in [0.717, 1.165) is 25.7 Å². The highest BCUT2D eigenvalue weighted by molar-refractivity contribution is 7.89. The first-order chi connectivity index (χ1) is 8.88. The van der Waals surface area contributed by atoms with Crippen LogP contribution in [0.2, 0.25) is 10.2 Å². The van der Waals surface area contributed by atoms with Crippen molar-refractivity contribution in [2.75, 3.05) is 0 Å². The molecule has 0 bridgehead atoms. The lowest BCUT2D eigenvalue weighted by Gasteiger charge is -2.26. The van der Waals surface area contributed by atoms with E-state index in [9.17, 15) is 8.42 Å². The van der Waals surface area contributed by atoms with E-state index < -0.39 is 10.0 Å². The minimum absolute atomic E-state index is 0.00402. The van der Waals surface area contributed by atoms with E-state index in [4.69, 9.17) is 23.2 Å². The molecule has 1 aromatic rings. The second kappa shape index (κ2) is 5.95. The molecule has 1 aliphatic rings. The molecular formula is C12H16Cl2N2O2S. The zero-order valence-corrected chi connectivity index (χ0v) is 12.9. The van der Waals surface area contributed by atoms with Crippen LogP contribution in [0.25, 0.3) is 0 Å². The highest BCUT2D eigenvalue weighted by Crippen LogP contribution is 2.26. The highest BCUT2D eigenvalue weighted by atomic mass is 35.5. The van der Waals surface area contributed by atoms with Crippen LogP contribution in [0.5, 0.6) is 0 Å². The van der Waals surface area contributed by atoms with E-state index in [-0.39, 0.29) is 21.1 Å². The Labute approximate surface area is 123 Å². The first-order valence-corrected chi connectivity index (χ1v) is 8.46. The average Bonchev–Trinajstić information content (AvgIpc) is 2.35. The molecule has 0 unspecified atom stereocenters. The number of nitrogens with zero attached hydrogens (tertiary/aromatic N) is 1. The molecule has 1 N–H and O–H groups in total. The molecular weight excluding hydrogens is 307 g/mol. The molecule has 0 saturated heterocycles. The molecule has 0 amide bonds. The third-order valence-electron chi connectivity index (χ3n) is 3.42. The molecule has 1 aromatic heterocycles. The van der Waals surface area contributed by atoms with Gasteiger partial charge in [0.05, 0.1) is 5.02 Å². The molecule has 0 spiro atoms. The van der Waals surface area contributed by atoms with Crippen LogP contribution in [-0.2, 0) is 10.0 Å². The zero-order valence-electron chi connectivity index (χ0n) is 10.6. The van der Waals surface area contributed by atoms with Crippen LogP contribution in [0.3, 0.4) is 0 Å². The predicted molar refractivity (Wildman–Crippen MR) is 76.0 cm³/mol. The third-order valence-corrected chi connectivity index (χ3v) is 5.59. The van der Waals surface area contributed by atoms with Gasteiger partial charge >= 0.3 is 0 Å². The maximum Gasteiger partial charge on any atom is 0.242 e. The fourth-order valence-electron chi connectivity index (χ4n) is 2.22. The van der Waals surface area contributed by atoms with Gasteiger partial charge in [0, 0.05) is 12.2 Å². The lowest BCUT2D eigenvalue weighted by Crippen LogP contribution is -2.37. The number of sulfonamides is 1. The third kappa shape index (κ3) is 3.81. The molecule has 0 aromatic carbocycles. The number of nitrogens with one attached hydrogen (secondary N) is 1. The fourth-order valence-corrected chi connectivity index (χ4v) is 3.83. The Morgan fingerprint density at radius 3 is 2.47 bits per heavy atom. The molecule has 2 rings (SSSR count). The van der Waals surface area contributed by atoms with E-state index >= 15 is 0 Å². The first kappa shape index (κ1) is 15.0. The Kier molecular flexibility index (Phi) is 4.71. The molecule has 0 atom stereocenters. The number of rotatable bonds is 3. The van der Waals surface area contributed by atoms with Gasteiger partial charge in [-0.3, -0.25) is 0 Å². The lowest BCUT2D eigenvalue weighted by atomic mass is 9.88. The van der Waals surface area contributed by atoms with Crippen LogP contribution in [-0.4, -0.2) is 19.4 Å². The standard InChI is InChI=1S/C12H16Cl2N2O2S/c1-8-2-4-9(5-3-8)16-19(17,18)10-6-11(13)12(14)15-7-10/h6-9,16H,2-5H2,1H3. The summed E-state index contributed by atoms with van der Waals surface area (Å²) in [6.07, 6.45) is 5.06. The lowest BCUT2D eigenvalue weighted by molar-refractivity contribution is 0.332. The molecule has 4 nitrogen and oxygen atoms in total. The molecule has 0 radical (unpaired) electrons. The van der Waals surface area contributed by atoms with Crippen molar-refractivity contribution in [1.82, 2.24) is 9.71 Å². The summed E-state index contributed by atoms with van der Waals surface area (Å²) in [6, 6.07) is 1.32. The van der Waals surface area contributed by atoms with Gasteiger partial charge in [0.15, 0.2) is 0 Å². The van der Waals surface area contributed by atoms with E-state index in [2.05, 4.69) is 16.6 Å². The maximum atomic E-state index is 12.2. The summed E-state index contributed by atoms with van der Waals surface area (Å²) in [5.41, 5.74) is 0. The summed E-state index contributed by atoms with van der Waals surface area (Å²) < 4.78 is 27.1. The minimum Gasteiger partial charge on any atom is -0.242 e. The molecule has 1 aliphatic carbocycles. The van der Waals surface area contributed by atoms with Gasteiger partial charge in [-0.1, -0.05) is 30.1 Å². The summed E-state index contributed by atoms with van der Waals surface area (Å²) in [6.45, 7) is 2.19. The summed E-state index contributed by atoms with van der Waals surface area (Å²) in [7, 11) is -3.57. The van der Waals surface area contributed by atoms with Crippen molar-refractivity contribution in [2.24, 2.45) is 5.92 Å². The van der Waals surface area contributed by atoms with Gasteiger partial charge in [-0.15, -0.1) is 0 Å². The Hall–Kier alpha value is -0.360. The second-order valence-corrected chi connectivity index (χ2v) is 7.50. The Morgan fingerprint density at radius 2 is 1.89 bits per heavy atom. The van der Waals surface area contributed by atoms with Crippen LogP contribution in [0.1, 0.15) is 32.6 Å². The second-order valence-electron chi connectivity index (χ2n) is 5.02. The van der Waals surface area contributed by atoms with Gasteiger partial charge < -0.3 is 0 Å². The number of hydrogen-bond donors (Lipinski definition) is 1. The van der Waals surface area contributed by atoms with Crippen molar-refractivity contribution in [2.45, 2.75) is 43.5 Å². The number of halogens is 2. The monoisotopic (exact) mass is 322 g/mol. The summed E-state index contributed by atoms with van der Waals surface area (Å²) in [5.74, 6) is 0.674. The van der Waals surface area contributed by atoms with Gasteiger partial charge in [-0.25, -0.2) is 18.1 Å². The molecule has 19 heavy (non-hydrogen) atoms. The molecule has 106 valence electrons. The van der Waals surface area contributed by atoms with Gasteiger partial charge in [0.25, 0.3) is 0 Å². The van der Waals surface area contributed by atoms with Gasteiger partial charge in [-0.05, 0) is 37.7 Å². The number of hydrogen-bond acceptors (Lipinski definition) is 3. The van der Waals surface area contributed by atoms with Crippen molar-refractivity contribution in [3.63, 3.8) is 0 Å². The summed E-state index contributed by atoms with van der Waals surface area (Å²) in [4.78, 5) is 3.82. The van der Waals surface area contributed by atoms with Crippen molar-refractivity contribution < 1.29 is 8.42 Å². The summed E-state index contributed by atoms with van der Waals surface area (Å²) >= 11 is 11.5. The number of aromatic nitrogens is 1. The van der Waals surface area contributed by atoms with Crippen LogP contribution < -0.4 is 4.72 Å². The highest BCUT2D eigenvalue weighted by Gasteiger charge is 2.24. The van der Waals surface area contributed by atoms with E-state index in [1.807, 2.05) is 0 Å². The molecule has 1 fully saturated rings. The largest absolute Gasteiger partial charge is 0.242 e. The quantitative estimate of drug-likeness (QED) is 0.869. The Balaban J connectivity index is 2.11. The van der Waals surface area contributed by atoms with Crippen LogP contribution in [0.4, 0.5) is 0 Å². The van der Waals surface area contributed by atoms with E-state index in [1.54, 1.807) is 0 Å².